The van der Waals surface area contributed by atoms with Crippen molar-refractivity contribution in [1.29, 1.82) is 0 Å². The SMILES string of the molecule is Cc1ccc(N=CCN2CCCC2)c(O[SiH](C)C)c1. The molecule has 19 heavy (non-hydrogen) atoms. The summed E-state index contributed by atoms with van der Waals surface area (Å²) in [5.41, 5.74) is 2.19. The van der Waals surface area contributed by atoms with E-state index in [-0.39, 0.29) is 0 Å². The fraction of sp³-hybridized carbons (Fsp3) is 0.533. The summed E-state index contributed by atoms with van der Waals surface area (Å²) in [5, 5.41) is 0. The lowest BCUT2D eigenvalue weighted by Gasteiger charge is -2.13. The molecule has 1 aliphatic heterocycles. The summed E-state index contributed by atoms with van der Waals surface area (Å²) < 4.78 is 5.96. The highest BCUT2D eigenvalue weighted by atomic mass is 28.3. The number of hydrogen-bond donors (Lipinski definition) is 0. The summed E-state index contributed by atoms with van der Waals surface area (Å²) in [6.07, 6.45) is 4.67. The first-order valence-corrected chi connectivity index (χ1v) is 9.95. The van der Waals surface area contributed by atoms with Crippen molar-refractivity contribution in [3.05, 3.63) is 23.8 Å². The highest BCUT2D eigenvalue weighted by Gasteiger charge is 2.09. The van der Waals surface area contributed by atoms with Crippen LogP contribution >= 0.6 is 0 Å². The molecule has 0 aromatic heterocycles. The number of rotatable bonds is 5. The lowest BCUT2D eigenvalue weighted by Crippen LogP contribution is -2.21. The Morgan fingerprint density at radius 3 is 2.74 bits per heavy atom. The molecule has 1 aromatic carbocycles. The minimum Gasteiger partial charge on any atom is -0.546 e. The van der Waals surface area contributed by atoms with E-state index in [0.717, 1.165) is 18.0 Å². The van der Waals surface area contributed by atoms with Gasteiger partial charge < -0.3 is 4.43 Å². The lowest BCUT2D eigenvalue weighted by atomic mass is 10.2. The first kappa shape index (κ1) is 14.3. The zero-order valence-corrected chi connectivity index (χ0v) is 13.4. The van der Waals surface area contributed by atoms with E-state index in [1.165, 1.54) is 31.5 Å². The van der Waals surface area contributed by atoms with Crippen LogP contribution in [0.2, 0.25) is 13.1 Å². The fourth-order valence-electron chi connectivity index (χ4n) is 2.30. The van der Waals surface area contributed by atoms with Crippen molar-refractivity contribution in [3.8, 4) is 5.75 Å². The second-order valence-corrected chi connectivity index (χ2v) is 7.79. The monoisotopic (exact) mass is 276 g/mol. The van der Waals surface area contributed by atoms with E-state index in [2.05, 4.69) is 48.1 Å². The summed E-state index contributed by atoms with van der Waals surface area (Å²) >= 11 is 0. The van der Waals surface area contributed by atoms with Gasteiger partial charge in [-0.05, 0) is 63.6 Å². The topological polar surface area (TPSA) is 24.8 Å². The number of aliphatic imine (C=N–C) groups is 1. The molecule has 0 radical (unpaired) electrons. The van der Waals surface area contributed by atoms with E-state index >= 15 is 0 Å². The smallest absolute Gasteiger partial charge is 0.229 e. The van der Waals surface area contributed by atoms with Crippen LogP contribution in [0.3, 0.4) is 0 Å². The van der Waals surface area contributed by atoms with Crippen LogP contribution in [0.25, 0.3) is 0 Å². The maximum atomic E-state index is 5.96. The van der Waals surface area contributed by atoms with Crippen LogP contribution < -0.4 is 4.43 Å². The first-order valence-electron chi connectivity index (χ1n) is 7.17. The van der Waals surface area contributed by atoms with Crippen molar-refractivity contribution in [1.82, 2.24) is 4.90 Å². The van der Waals surface area contributed by atoms with E-state index in [4.69, 9.17) is 4.43 Å². The largest absolute Gasteiger partial charge is 0.546 e. The lowest BCUT2D eigenvalue weighted by molar-refractivity contribution is 0.391. The standard InChI is InChI=1S/C15H24N2OSi/c1-13-6-7-14(15(12-13)18-19(2)3)16-8-11-17-9-4-5-10-17/h6-8,12,19H,4-5,9-11H2,1-3H3. The predicted molar refractivity (Wildman–Crippen MR) is 84.5 cm³/mol. The van der Waals surface area contributed by atoms with Gasteiger partial charge in [0.1, 0.15) is 11.4 Å². The third-order valence-corrected chi connectivity index (χ3v) is 3.97. The molecule has 1 saturated heterocycles. The summed E-state index contributed by atoms with van der Waals surface area (Å²) in [5.74, 6) is 0.944. The summed E-state index contributed by atoms with van der Waals surface area (Å²) in [6, 6.07) is 6.24. The van der Waals surface area contributed by atoms with Gasteiger partial charge >= 0.3 is 0 Å². The van der Waals surface area contributed by atoms with Gasteiger partial charge in [0.25, 0.3) is 0 Å². The van der Waals surface area contributed by atoms with Gasteiger partial charge in [-0.25, -0.2) is 0 Å². The van der Waals surface area contributed by atoms with Crippen LogP contribution in [0.4, 0.5) is 5.69 Å². The van der Waals surface area contributed by atoms with Crippen molar-refractivity contribution in [2.75, 3.05) is 19.6 Å². The van der Waals surface area contributed by atoms with Crippen LogP contribution in [0, 0.1) is 6.92 Å². The van der Waals surface area contributed by atoms with Gasteiger partial charge in [-0.2, -0.15) is 0 Å². The maximum Gasteiger partial charge on any atom is 0.229 e. The Bertz CT molecular complexity index is 440. The Hall–Kier alpha value is -1.13. The molecule has 0 atom stereocenters. The molecule has 0 spiro atoms. The van der Waals surface area contributed by atoms with Gasteiger partial charge in [-0.3, -0.25) is 9.89 Å². The third-order valence-electron chi connectivity index (χ3n) is 3.25. The molecule has 0 N–H and O–H groups in total. The molecule has 104 valence electrons. The fourth-order valence-corrected chi connectivity index (χ4v) is 2.99. The van der Waals surface area contributed by atoms with Crippen molar-refractivity contribution < 1.29 is 4.43 Å². The number of benzene rings is 1. The van der Waals surface area contributed by atoms with Crippen LogP contribution in [0.15, 0.2) is 23.2 Å². The third kappa shape index (κ3) is 4.47. The molecule has 1 heterocycles. The molecule has 4 heteroatoms. The highest BCUT2D eigenvalue weighted by Crippen LogP contribution is 2.28. The maximum absolute atomic E-state index is 5.96. The minimum atomic E-state index is -1.09. The van der Waals surface area contributed by atoms with Gasteiger partial charge in [0.15, 0.2) is 0 Å². The highest BCUT2D eigenvalue weighted by molar-refractivity contribution is 6.49. The molecule has 2 rings (SSSR count). The summed E-state index contributed by atoms with van der Waals surface area (Å²) in [4.78, 5) is 7.03. The van der Waals surface area contributed by atoms with Crippen molar-refractivity contribution in [2.24, 2.45) is 4.99 Å². The van der Waals surface area contributed by atoms with Crippen molar-refractivity contribution >= 4 is 20.9 Å². The molecular weight excluding hydrogens is 252 g/mol. The number of hydrogen-bond acceptors (Lipinski definition) is 3. The van der Waals surface area contributed by atoms with E-state index in [0.29, 0.717) is 0 Å². The van der Waals surface area contributed by atoms with Crippen molar-refractivity contribution in [3.63, 3.8) is 0 Å². The van der Waals surface area contributed by atoms with Crippen molar-refractivity contribution in [2.45, 2.75) is 32.9 Å². The van der Waals surface area contributed by atoms with E-state index < -0.39 is 9.04 Å². The molecule has 0 aliphatic carbocycles. The van der Waals surface area contributed by atoms with Crippen LogP contribution in [0.5, 0.6) is 5.75 Å². The average molecular weight is 276 g/mol. The quantitative estimate of drug-likeness (QED) is 0.609. The Labute approximate surface area is 118 Å². The van der Waals surface area contributed by atoms with Gasteiger partial charge in [0, 0.05) is 12.8 Å². The second-order valence-electron chi connectivity index (χ2n) is 5.46. The zero-order valence-electron chi connectivity index (χ0n) is 12.2. The van der Waals surface area contributed by atoms with Crippen LogP contribution in [-0.2, 0) is 0 Å². The Morgan fingerprint density at radius 1 is 1.32 bits per heavy atom. The van der Waals surface area contributed by atoms with Gasteiger partial charge in [0.05, 0.1) is 0 Å². The summed E-state index contributed by atoms with van der Waals surface area (Å²) in [7, 11) is -1.09. The number of aryl methyl sites for hydroxylation is 1. The van der Waals surface area contributed by atoms with Gasteiger partial charge in [0.2, 0.25) is 9.04 Å². The molecule has 1 aliphatic rings. The molecule has 0 unspecified atom stereocenters. The predicted octanol–water partition coefficient (Wildman–Crippen LogP) is 3.16. The molecule has 0 saturated carbocycles. The minimum absolute atomic E-state index is 0.944. The first-order chi connectivity index (χ1) is 9.15. The molecule has 1 aromatic rings. The zero-order chi connectivity index (χ0) is 13.7. The average Bonchev–Trinajstić information content (AvgIpc) is 2.84. The van der Waals surface area contributed by atoms with Gasteiger partial charge in [-0.15, -0.1) is 0 Å². The van der Waals surface area contributed by atoms with Crippen LogP contribution in [-0.4, -0.2) is 39.8 Å². The van der Waals surface area contributed by atoms with Crippen LogP contribution in [0.1, 0.15) is 18.4 Å². The second kappa shape index (κ2) is 6.87. The molecular formula is C15H24N2OSi. The summed E-state index contributed by atoms with van der Waals surface area (Å²) in [6.45, 7) is 9.82. The molecule has 0 bridgehead atoms. The Morgan fingerprint density at radius 2 is 2.05 bits per heavy atom. The normalized spacial score (nSPS) is 16.6. The van der Waals surface area contributed by atoms with Gasteiger partial charge in [-0.1, -0.05) is 6.07 Å². The molecule has 0 amide bonds. The van der Waals surface area contributed by atoms with E-state index in [1.807, 2.05) is 6.21 Å². The van der Waals surface area contributed by atoms with E-state index in [1.54, 1.807) is 0 Å². The molecule has 1 fully saturated rings. The number of nitrogens with zero attached hydrogens (tertiary/aromatic N) is 2. The Kier molecular flexibility index (Phi) is 5.16. The molecule has 3 nitrogen and oxygen atoms in total. The Balaban J connectivity index is 2.03. The van der Waals surface area contributed by atoms with E-state index in [9.17, 15) is 0 Å². The number of likely N-dealkylation sites (tertiary alicyclic amines) is 1.